The predicted octanol–water partition coefficient (Wildman–Crippen LogP) is 2.49. The second kappa shape index (κ2) is 5.33. The first-order valence-electron chi connectivity index (χ1n) is 6.53. The highest BCUT2D eigenvalue weighted by Crippen LogP contribution is 2.24. The van der Waals surface area contributed by atoms with Gasteiger partial charge in [0, 0.05) is 12.6 Å². The standard InChI is InChI=1S/C16H17NO2/c18-15-6-3-4-12(8-15)10-17-14-9-13-5-1-2-7-16(13)19-11-14/h1-8,14,17-18H,9-11H2/t14-/m0/s1. The van der Waals surface area contributed by atoms with Gasteiger partial charge in [-0.1, -0.05) is 30.3 Å². The van der Waals surface area contributed by atoms with Crippen molar-refractivity contribution in [2.75, 3.05) is 6.61 Å². The topological polar surface area (TPSA) is 41.5 Å². The fraction of sp³-hybridized carbons (Fsp3) is 0.250. The zero-order valence-electron chi connectivity index (χ0n) is 10.7. The number of para-hydroxylation sites is 1. The monoisotopic (exact) mass is 255 g/mol. The van der Waals surface area contributed by atoms with Gasteiger partial charge in [0.15, 0.2) is 0 Å². The molecule has 0 spiro atoms. The zero-order valence-corrected chi connectivity index (χ0v) is 10.7. The van der Waals surface area contributed by atoms with Crippen LogP contribution < -0.4 is 10.1 Å². The molecule has 3 rings (SSSR count). The lowest BCUT2D eigenvalue weighted by molar-refractivity contribution is 0.238. The quantitative estimate of drug-likeness (QED) is 0.885. The van der Waals surface area contributed by atoms with Gasteiger partial charge in [0.25, 0.3) is 0 Å². The minimum atomic E-state index is 0.310. The second-order valence-corrected chi connectivity index (χ2v) is 4.87. The van der Waals surface area contributed by atoms with Gasteiger partial charge in [-0.2, -0.15) is 0 Å². The lowest BCUT2D eigenvalue weighted by Crippen LogP contribution is -2.38. The van der Waals surface area contributed by atoms with E-state index in [1.807, 2.05) is 30.3 Å². The van der Waals surface area contributed by atoms with Crippen LogP contribution in [0.15, 0.2) is 48.5 Å². The third kappa shape index (κ3) is 2.88. The summed E-state index contributed by atoms with van der Waals surface area (Å²) in [4.78, 5) is 0. The van der Waals surface area contributed by atoms with Crippen molar-refractivity contribution in [3.8, 4) is 11.5 Å². The first kappa shape index (κ1) is 12.1. The van der Waals surface area contributed by atoms with Crippen molar-refractivity contribution in [3.63, 3.8) is 0 Å². The van der Waals surface area contributed by atoms with E-state index in [2.05, 4.69) is 11.4 Å². The molecule has 3 nitrogen and oxygen atoms in total. The summed E-state index contributed by atoms with van der Waals surface area (Å²) < 4.78 is 5.74. The molecule has 3 heteroatoms. The lowest BCUT2D eigenvalue weighted by Gasteiger charge is -2.26. The smallest absolute Gasteiger partial charge is 0.122 e. The van der Waals surface area contributed by atoms with Crippen molar-refractivity contribution < 1.29 is 9.84 Å². The van der Waals surface area contributed by atoms with Crippen molar-refractivity contribution in [2.24, 2.45) is 0 Å². The number of fused-ring (bicyclic) bond motifs is 1. The fourth-order valence-electron chi connectivity index (χ4n) is 2.39. The van der Waals surface area contributed by atoms with E-state index in [0.717, 1.165) is 24.3 Å². The third-order valence-electron chi connectivity index (χ3n) is 3.38. The lowest BCUT2D eigenvalue weighted by atomic mass is 10.0. The van der Waals surface area contributed by atoms with Gasteiger partial charge in [-0.3, -0.25) is 0 Å². The summed E-state index contributed by atoms with van der Waals surface area (Å²) in [6.45, 7) is 1.43. The van der Waals surface area contributed by atoms with Crippen LogP contribution in [0, 0.1) is 0 Å². The minimum absolute atomic E-state index is 0.310. The summed E-state index contributed by atoms with van der Waals surface area (Å²) in [5.41, 5.74) is 2.33. The van der Waals surface area contributed by atoms with Crippen molar-refractivity contribution >= 4 is 0 Å². The Labute approximate surface area is 112 Å². The van der Waals surface area contributed by atoms with Gasteiger partial charge in [-0.25, -0.2) is 0 Å². The van der Waals surface area contributed by atoms with Crippen LogP contribution in [0.25, 0.3) is 0 Å². The van der Waals surface area contributed by atoms with Crippen molar-refractivity contribution in [1.29, 1.82) is 0 Å². The molecule has 0 saturated heterocycles. The number of hydrogen-bond acceptors (Lipinski definition) is 3. The van der Waals surface area contributed by atoms with Gasteiger partial charge >= 0.3 is 0 Å². The Morgan fingerprint density at radius 2 is 2.05 bits per heavy atom. The molecule has 98 valence electrons. The van der Waals surface area contributed by atoms with E-state index in [1.54, 1.807) is 12.1 Å². The van der Waals surface area contributed by atoms with Gasteiger partial charge in [0.1, 0.15) is 18.1 Å². The van der Waals surface area contributed by atoms with E-state index >= 15 is 0 Å². The average molecular weight is 255 g/mol. The Bertz CT molecular complexity index is 568. The van der Waals surface area contributed by atoms with Crippen LogP contribution in [0.3, 0.4) is 0 Å². The molecule has 0 saturated carbocycles. The number of hydrogen-bond donors (Lipinski definition) is 2. The van der Waals surface area contributed by atoms with E-state index in [-0.39, 0.29) is 0 Å². The molecule has 2 aromatic carbocycles. The number of rotatable bonds is 3. The molecule has 0 bridgehead atoms. The largest absolute Gasteiger partial charge is 0.508 e. The molecular formula is C16H17NO2. The molecule has 0 radical (unpaired) electrons. The number of phenolic OH excluding ortho intramolecular Hbond substituents is 1. The molecule has 1 atom stereocenters. The Kier molecular flexibility index (Phi) is 3.38. The molecule has 19 heavy (non-hydrogen) atoms. The van der Waals surface area contributed by atoms with Gasteiger partial charge < -0.3 is 15.2 Å². The molecule has 1 aliphatic heterocycles. The van der Waals surface area contributed by atoms with Crippen LogP contribution in [0.1, 0.15) is 11.1 Å². The maximum Gasteiger partial charge on any atom is 0.122 e. The van der Waals surface area contributed by atoms with Gasteiger partial charge in [-0.05, 0) is 35.7 Å². The molecule has 2 N–H and O–H groups in total. The van der Waals surface area contributed by atoms with E-state index in [4.69, 9.17) is 4.74 Å². The van der Waals surface area contributed by atoms with Crippen LogP contribution in [-0.4, -0.2) is 17.8 Å². The third-order valence-corrected chi connectivity index (χ3v) is 3.38. The number of aromatic hydroxyl groups is 1. The molecule has 0 fully saturated rings. The second-order valence-electron chi connectivity index (χ2n) is 4.87. The molecule has 2 aromatic rings. The summed E-state index contributed by atoms with van der Waals surface area (Å²) in [7, 11) is 0. The van der Waals surface area contributed by atoms with Crippen molar-refractivity contribution in [3.05, 3.63) is 59.7 Å². The fourth-order valence-corrected chi connectivity index (χ4v) is 2.39. The number of nitrogens with one attached hydrogen (secondary N) is 1. The predicted molar refractivity (Wildman–Crippen MR) is 74.4 cm³/mol. The van der Waals surface area contributed by atoms with Crippen LogP contribution >= 0.6 is 0 Å². The van der Waals surface area contributed by atoms with Crippen LogP contribution in [0.5, 0.6) is 11.5 Å². The number of ether oxygens (including phenoxy) is 1. The molecule has 0 unspecified atom stereocenters. The first-order valence-corrected chi connectivity index (χ1v) is 6.53. The zero-order chi connectivity index (χ0) is 13.1. The highest BCUT2D eigenvalue weighted by atomic mass is 16.5. The molecule has 0 aromatic heterocycles. The van der Waals surface area contributed by atoms with E-state index in [9.17, 15) is 5.11 Å². The number of phenols is 1. The van der Waals surface area contributed by atoms with Gasteiger partial charge in [-0.15, -0.1) is 0 Å². The Morgan fingerprint density at radius 1 is 1.16 bits per heavy atom. The summed E-state index contributed by atoms with van der Waals surface area (Å²) in [5, 5.41) is 12.9. The SMILES string of the molecule is Oc1cccc(CN[C@@H]2COc3ccccc3C2)c1. The summed E-state index contributed by atoms with van der Waals surface area (Å²) in [5.74, 6) is 1.31. The molecular weight excluding hydrogens is 238 g/mol. The van der Waals surface area contributed by atoms with Crippen LogP contribution in [-0.2, 0) is 13.0 Å². The summed E-state index contributed by atoms with van der Waals surface area (Å²) in [6, 6.07) is 15.8. The minimum Gasteiger partial charge on any atom is -0.508 e. The van der Waals surface area contributed by atoms with E-state index < -0.39 is 0 Å². The Morgan fingerprint density at radius 3 is 2.95 bits per heavy atom. The Balaban J connectivity index is 1.61. The summed E-state index contributed by atoms with van der Waals surface area (Å²) in [6.07, 6.45) is 0.981. The van der Waals surface area contributed by atoms with Gasteiger partial charge in [0.05, 0.1) is 0 Å². The van der Waals surface area contributed by atoms with Crippen molar-refractivity contribution in [2.45, 2.75) is 19.0 Å². The highest BCUT2D eigenvalue weighted by molar-refractivity contribution is 5.35. The maximum atomic E-state index is 9.43. The Hall–Kier alpha value is -2.00. The average Bonchev–Trinajstić information content (AvgIpc) is 2.45. The molecule has 1 aliphatic rings. The van der Waals surface area contributed by atoms with E-state index in [1.165, 1.54) is 5.56 Å². The normalized spacial score (nSPS) is 17.6. The van der Waals surface area contributed by atoms with Crippen LogP contribution in [0.2, 0.25) is 0 Å². The summed E-state index contributed by atoms with van der Waals surface area (Å²) >= 11 is 0. The molecule has 0 aliphatic carbocycles. The van der Waals surface area contributed by atoms with Gasteiger partial charge in [0.2, 0.25) is 0 Å². The molecule has 1 heterocycles. The number of benzene rings is 2. The van der Waals surface area contributed by atoms with Crippen LogP contribution in [0.4, 0.5) is 0 Å². The van der Waals surface area contributed by atoms with Crippen molar-refractivity contribution in [1.82, 2.24) is 5.32 Å². The van der Waals surface area contributed by atoms with E-state index in [0.29, 0.717) is 18.4 Å². The maximum absolute atomic E-state index is 9.43. The highest BCUT2D eigenvalue weighted by Gasteiger charge is 2.18. The first-order chi connectivity index (χ1) is 9.31. The molecule has 0 amide bonds.